The zero-order valence-corrected chi connectivity index (χ0v) is 18.3. The van der Waals surface area contributed by atoms with Crippen LogP contribution in [-0.2, 0) is 14.8 Å². The zero-order valence-electron chi connectivity index (χ0n) is 17.5. The van der Waals surface area contributed by atoms with E-state index in [9.17, 15) is 18.0 Å². The standard InChI is InChI=1S/C22H27N3O4S/c1-16-5-8-19(9-6-16)22(27)23-15-21(26)24-10-12-25(13-11-24)30(28,29)20-14-17(2)4-7-18(20)3/h4-9,14H,10-13,15H2,1-3H3,(H,23,27). The first kappa shape index (κ1) is 22.0. The first-order valence-electron chi connectivity index (χ1n) is 9.88. The SMILES string of the molecule is Cc1ccc(C(=O)NCC(=O)N2CCN(S(=O)(=O)c3cc(C)ccc3C)CC2)cc1. The molecule has 160 valence electrons. The lowest BCUT2D eigenvalue weighted by Crippen LogP contribution is -2.52. The first-order valence-corrected chi connectivity index (χ1v) is 11.3. The topological polar surface area (TPSA) is 86.8 Å². The molecular formula is C22H27N3O4S. The van der Waals surface area contributed by atoms with E-state index in [1.165, 1.54) is 4.31 Å². The van der Waals surface area contributed by atoms with E-state index < -0.39 is 10.0 Å². The quantitative estimate of drug-likeness (QED) is 0.786. The molecule has 0 radical (unpaired) electrons. The van der Waals surface area contributed by atoms with Gasteiger partial charge in [0.1, 0.15) is 0 Å². The summed E-state index contributed by atoms with van der Waals surface area (Å²) in [6.45, 7) is 6.51. The van der Waals surface area contributed by atoms with Gasteiger partial charge in [-0.3, -0.25) is 9.59 Å². The molecule has 1 heterocycles. The number of hydrogen-bond donors (Lipinski definition) is 1. The highest BCUT2D eigenvalue weighted by atomic mass is 32.2. The molecule has 30 heavy (non-hydrogen) atoms. The number of hydrogen-bond acceptors (Lipinski definition) is 4. The van der Waals surface area contributed by atoms with Crippen molar-refractivity contribution in [3.05, 3.63) is 64.7 Å². The largest absolute Gasteiger partial charge is 0.343 e. The van der Waals surface area contributed by atoms with Crippen LogP contribution in [-0.4, -0.2) is 62.2 Å². The summed E-state index contributed by atoms with van der Waals surface area (Å²) in [7, 11) is -3.60. The predicted octanol–water partition coefficient (Wildman–Crippen LogP) is 1.87. The van der Waals surface area contributed by atoms with E-state index in [1.54, 1.807) is 36.1 Å². The Bertz CT molecular complexity index is 1040. The van der Waals surface area contributed by atoms with Crippen LogP contribution < -0.4 is 5.32 Å². The maximum absolute atomic E-state index is 13.0. The van der Waals surface area contributed by atoms with Crippen molar-refractivity contribution >= 4 is 21.8 Å². The normalized spacial score (nSPS) is 15.1. The van der Waals surface area contributed by atoms with Crippen LogP contribution >= 0.6 is 0 Å². The fourth-order valence-corrected chi connectivity index (χ4v) is 5.11. The Hall–Kier alpha value is -2.71. The van der Waals surface area contributed by atoms with E-state index in [2.05, 4.69) is 5.32 Å². The summed E-state index contributed by atoms with van der Waals surface area (Å²) in [5.41, 5.74) is 3.14. The fraction of sp³-hybridized carbons (Fsp3) is 0.364. The van der Waals surface area contributed by atoms with Crippen LogP contribution in [0.5, 0.6) is 0 Å². The molecule has 1 fully saturated rings. The van der Waals surface area contributed by atoms with E-state index >= 15 is 0 Å². The maximum atomic E-state index is 13.0. The minimum atomic E-state index is -3.60. The Morgan fingerprint density at radius 3 is 2.13 bits per heavy atom. The van der Waals surface area contributed by atoms with Crippen molar-refractivity contribution in [2.24, 2.45) is 0 Å². The summed E-state index contributed by atoms with van der Waals surface area (Å²) in [4.78, 5) is 26.5. The molecule has 0 spiro atoms. The minimum Gasteiger partial charge on any atom is -0.343 e. The van der Waals surface area contributed by atoms with Crippen LogP contribution in [0.3, 0.4) is 0 Å². The number of aryl methyl sites for hydroxylation is 3. The molecule has 1 aliphatic heterocycles. The van der Waals surface area contributed by atoms with Gasteiger partial charge in [0.05, 0.1) is 11.4 Å². The van der Waals surface area contributed by atoms with E-state index in [4.69, 9.17) is 0 Å². The van der Waals surface area contributed by atoms with Crippen molar-refractivity contribution in [2.75, 3.05) is 32.7 Å². The highest BCUT2D eigenvalue weighted by Crippen LogP contribution is 2.22. The summed E-state index contributed by atoms with van der Waals surface area (Å²) in [6, 6.07) is 12.5. The smallest absolute Gasteiger partial charge is 0.251 e. The van der Waals surface area contributed by atoms with Crippen LogP contribution in [0.25, 0.3) is 0 Å². The van der Waals surface area contributed by atoms with Crippen molar-refractivity contribution in [3.8, 4) is 0 Å². The van der Waals surface area contributed by atoms with Gasteiger partial charge in [-0.25, -0.2) is 8.42 Å². The third kappa shape index (κ3) is 4.88. The van der Waals surface area contributed by atoms with Gasteiger partial charge in [0.2, 0.25) is 15.9 Å². The second-order valence-corrected chi connectivity index (χ2v) is 9.51. The Kier molecular flexibility index (Phi) is 6.58. The molecule has 2 amide bonds. The van der Waals surface area contributed by atoms with Gasteiger partial charge in [-0.05, 0) is 50.1 Å². The number of piperazine rings is 1. The molecule has 3 rings (SSSR count). The lowest BCUT2D eigenvalue weighted by molar-refractivity contribution is -0.131. The number of rotatable bonds is 5. The van der Waals surface area contributed by atoms with Gasteiger partial charge in [-0.15, -0.1) is 0 Å². The Morgan fingerprint density at radius 2 is 1.50 bits per heavy atom. The number of benzene rings is 2. The van der Waals surface area contributed by atoms with Gasteiger partial charge >= 0.3 is 0 Å². The number of carbonyl (C=O) groups is 2. The van der Waals surface area contributed by atoms with E-state index in [0.29, 0.717) is 29.1 Å². The first-order chi connectivity index (χ1) is 14.2. The maximum Gasteiger partial charge on any atom is 0.251 e. The van der Waals surface area contributed by atoms with E-state index in [0.717, 1.165) is 11.1 Å². The van der Waals surface area contributed by atoms with Crippen LogP contribution in [0.4, 0.5) is 0 Å². The van der Waals surface area contributed by atoms with Crippen LogP contribution in [0.2, 0.25) is 0 Å². The van der Waals surface area contributed by atoms with Gasteiger partial charge in [-0.2, -0.15) is 4.31 Å². The summed E-state index contributed by atoms with van der Waals surface area (Å²) >= 11 is 0. The molecule has 0 unspecified atom stereocenters. The number of sulfonamides is 1. The number of amides is 2. The predicted molar refractivity (Wildman–Crippen MR) is 115 cm³/mol. The van der Waals surface area contributed by atoms with Gasteiger partial charge in [0, 0.05) is 31.7 Å². The average Bonchev–Trinajstić information content (AvgIpc) is 2.74. The molecular weight excluding hydrogens is 402 g/mol. The third-order valence-electron chi connectivity index (χ3n) is 5.27. The lowest BCUT2D eigenvalue weighted by atomic mass is 10.1. The molecule has 0 aliphatic carbocycles. The lowest BCUT2D eigenvalue weighted by Gasteiger charge is -2.34. The Morgan fingerprint density at radius 1 is 0.900 bits per heavy atom. The molecule has 1 aliphatic rings. The molecule has 2 aromatic rings. The van der Waals surface area contributed by atoms with Crippen LogP contribution in [0.15, 0.2) is 47.4 Å². The fourth-order valence-electron chi connectivity index (χ4n) is 3.38. The van der Waals surface area contributed by atoms with Crippen molar-refractivity contribution in [2.45, 2.75) is 25.7 Å². The molecule has 0 bridgehead atoms. The average molecular weight is 430 g/mol. The Balaban J connectivity index is 1.55. The van der Waals surface area contributed by atoms with Gasteiger partial charge in [0.15, 0.2) is 0 Å². The summed E-state index contributed by atoms with van der Waals surface area (Å²) < 4.78 is 27.4. The third-order valence-corrected chi connectivity index (χ3v) is 7.31. The Labute approximate surface area is 177 Å². The zero-order chi connectivity index (χ0) is 21.9. The van der Waals surface area contributed by atoms with Crippen molar-refractivity contribution < 1.29 is 18.0 Å². The van der Waals surface area contributed by atoms with Gasteiger partial charge < -0.3 is 10.2 Å². The van der Waals surface area contributed by atoms with Gasteiger partial charge in [-0.1, -0.05) is 29.8 Å². The highest BCUT2D eigenvalue weighted by Gasteiger charge is 2.31. The van der Waals surface area contributed by atoms with Gasteiger partial charge in [0.25, 0.3) is 5.91 Å². The van der Waals surface area contributed by atoms with Crippen molar-refractivity contribution in [1.82, 2.24) is 14.5 Å². The molecule has 1 N–H and O–H groups in total. The molecule has 7 nitrogen and oxygen atoms in total. The second-order valence-electron chi connectivity index (χ2n) is 7.60. The minimum absolute atomic E-state index is 0.115. The molecule has 0 saturated carbocycles. The molecule has 0 aromatic heterocycles. The molecule has 1 saturated heterocycles. The summed E-state index contributed by atoms with van der Waals surface area (Å²) in [5.74, 6) is -0.529. The molecule has 2 aromatic carbocycles. The number of nitrogens with zero attached hydrogens (tertiary/aromatic N) is 2. The van der Waals surface area contributed by atoms with Crippen LogP contribution in [0.1, 0.15) is 27.0 Å². The number of nitrogens with one attached hydrogen (secondary N) is 1. The monoisotopic (exact) mass is 429 g/mol. The van der Waals surface area contributed by atoms with E-state index in [1.807, 2.05) is 32.0 Å². The van der Waals surface area contributed by atoms with Crippen molar-refractivity contribution in [3.63, 3.8) is 0 Å². The van der Waals surface area contributed by atoms with E-state index in [-0.39, 0.29) is 31.4 Å². The van der Waals surface area contributed by atoms with Crippen molar-refractivity contribution in [1.29, 1.82) is 0 Å². The molecule has 8 heteroatoms. The van der Waals surface area contributed by atoms with Crippen LogP contribution in [0, 0.1) is 20.8 Å². The molecule has 0 atom stereocenters. The highest BCUT2D eigenvalue weighted by molar-refractivity contribution is 7.89. The second kappa shape index (κ2) is 8.97. The summed E-state index contributed by atoms with van der Waals surface area (Å²) in [5, 5.41) is 2.63. The number of carbonyl (C=O) groups excluding carboxylic acids is 2. The summed E-state index contributed by atoms with van der Waals surface area (Å²) in [6.07, 6.45) is 0.